The van der Waals surface area contributed by atoms with Gasteiger partial charge in [0, 0.05) is 15.7 Å². The molecule has 0 unspecified atom stereocenters. The first kappa shape index (κ1) is 14.1. The molecule has 4 heteroatoms. The molecule has 1 aromatic rings. The molecule has 0 radical (unpaired) electrons. The summed E-state index contributed by atoms with van der Waals surface area (Å²) in [7, 11) is 0. The summed E-state index contributed by atoms with van der Waals surface area (Å²) < 4.78 is 0.970. The Morgan fingerprint density at radius 2 is 2.06 bits per heavy atom. The van der Waals surface area contributed by atoms with E-state index in [0.29, 0.717) is 16.5 Å². The number of halogens is 2. The summed E-state index contributed by atoms with van der Waals surface area (Å²) in [5, 5.41) is 3.66. The fourth-order valence-electron chi connectivity index (χ4n) is 2.37. The standard InChI is InChI=1S/C14H17ClINO/c15-12-8-11(6-7-13(12)16)14(18)17-9-10-4-2-1-3-5-10/h6-8,10H,1-5,9H2,(H,17,18). The summed E-state index contributed by atoms with van der Waals surface area (Å²) in [5.74, 6) is 0.640. The molecular formula is C14H17ClINO. The van der Waals surface area contributed by atoms with Crippen molar-refractivity contribution in [2.45, 2.75) is 32.1 Å². The summed E-state index contributed by atoms with van der Waals surface area (Å²) in [6.07, 6.45) is 6.43. The number of amides is 1. The molecule has 1 N–H and O–H groups in total. The van der Waals surface area contributed by atoms with Gasteiger partial charge in [-0.15, -0.1) is 0 Å². The molecule has 2 nitrogen and oxygen atoms in total. The van der Waals surface area contributed by atoms with Gasteiger partial charge in [0.2, 0.25) is 0 Å². The van der Waals surface area contributed by atoms with Gasteiger partial charge in [-0.1, -0.05) is 30.9 Å². The third-order valence-corrected chi connectivity index (χ3v) is 5.03. The Kier molecular flexibility index (Phi) is 5.30. The highest BCUT2D eigenvalue weighted by Gasteiger charge is 2.15. The van der Waals surface area contributed by atoms with Crippen LogP contribution in [0.2, 0.25) is 5.02 Å². The Morgan fingerprint density at radius 3 is 2.72 bits per heavy atom. The molecule has 1 amide bonds. The van der Waals surface area contributed by atoms with Crippen molar-refractivity contribution in [3.8, 4) is 0 Å². The fraction of sp³-hybridized carbons (Fsp3) is 0.500. The molecular weight excluding hydrogens is 361 g/mol. The molecule has 1 aromatic carbocycles. The second-order valence-corrected chi connectivity index (χ2v) is 6.41. The summed E-state index contributed by atoms with van der Waals surface area (Å²) in [6, 6.07) is 5.43. The monoisotopic (exact) mass is 377 g/mol. The first-order chi connectivity index (χ1) is 8.66. The fourth-order valence-corrected chi connectivity index (χ4v) is 2.88. The van der Waals surface area contributed by atoms with E-state index in [1.54, 1.807) is 6.07 Å². The number of hydrogen-bond donors (Lipinski definition) is 1. The summed E-state index contributed by atoms with van der Waals surface area (Å²) in [4.78, 5) is 12.0. The van der Waals surface area contributed by atoms with Gasteiger partial charge < -0.3 is 5.32 Å². The summed E-state index contributed by atoms with van der Waals surface area (Å²) in [6.45, 7) is 0.794. The highest BCUT2D eigenvalue weighted by atomic mass is 127. The van der Waals surface area contributed by atoms with Crippen LogP contribution in [-0.4, -0.2) is 12.5 Å². The second kappa shape index (κ2) is 6.75. The first-order valence-electron chi connectivity index (χ1n) is 6.40. The molecule has 0 atom stereocenters. The second-order valence-electron chi connectivity index (χ2n) is 4.84. The molecule has 0 aliphatic heterocycles. The Balaban J connectivity index is 1.88. The van der Waals surface area contributed by atoms with Crippen LogP contribution in [0.4, 0.5) is 0 Å². The summed E-state index contributed by atoms with van der Waals surface area (Å²) >= 11 is 8.18. The number of hydrogen-bond acceptors (Lipinski definition) is 1. The maximum atomic E-state index is 12.0. The molecule has 2 rings (SSSR count). The molecule has 18 heavy (non-hydrogen) atoms. The number of benzene rings is 1. The van der Waals surface area contributed by atoms with E-state index in [2.05, 4.69) is 27.9 Å². The Bertz CT molecular complexity index is 430. The van der Waals surface area contributed by atoms with Crippen molar-refractivity contribution in [1.82, 2.24) is 5.32 Å². The Hall–Kier alpha value is -0.290. The van der Waals surface area contributed by atoms with Crippen molar-refractivity contribution >= 4 is 40.1 Å². The molecule has 0 spiro atoms. The van der Waals surface area contributed by atoms with Gasteiger partial charge in [-0.3, -0.25) is 4.79 Å². The molecule has 0 bridgehead atoms. The van der Waals surface area contributed by atoms with E-state index in [4.69, 9.17) is 11.6 Å². The van der Waals surface area contributed by atoms with Crippen molar-refractivity contribution in [1.29, 1.82) is 0 Å². The number of carbonyl (C=O) groups excluding carboxylic acids is 1. The van der Waals surface area contributed by atoms with Crippen molar-refractivity contribution in [3.63, 3.8) is 0 Å². The minimum atomic E-state index is -0.0149. The van der Waals surface area contributed by atoms with Crippen molar-refractivity contribution in [2.24, 2.45) is 5.92 Å². The smallest absolute Gasteiger partial charge is 0.251 e. The predicted molar refractivity (Wildman–Crippen MR) is 83.1 cm³/mol. The maximum Gasteiger partial charge on any atom is 0.251 e. The van der Waals surface area contributed by atoms with Crippen LogP contribution in [-0.2, 0) is 0 Å². The van der Waals surface area contributed by atoms with Crippen LogP contribution >= 0.6 is 34.2 Å². The minimum Gasteiger partial charge on any atom is -0.352 e. The van der Waals surface area contributed by atoms with Crippen LogP contribution < -0.4 is 5.32 Å². The molecule has 98 valence electrons. The van der Waals surface area contributed by atoms with Crippen LogP contribution in [0.1, 0.15) is 42.5 Å². The van der Waals surface area contributed by atoms with Gasteiger partial charge in [-0.2, -0.15) is 0 Å². The van der Waals surface area contributed by atoms with E-state index in [1.165, 1.54) is 32.1 Å². The topological polar surface area (TPSA) is 29.1 Å². The molecule has 0 heterocycles. The first-order valence-corrected chi connectivity index (χ1v) is 7.86. The molecule has 1 saturated carbocycles. The van der Waals surface area contributed by atoms with Crippen molar-refractivity contribution < 1.29 is 4.79 Å². The lowest BCUT2D eigenvalue weighted by molar-refractivity contribution is 0.0943. The Morgan fingerprint density at radius 1 is 1.33 bits per heavy atom. The zero-order valence-corrected chi connectivity index (χ0v) is 13.1. The van der Waals surface area contributed by atoms with Gasteiger partial charge in [0.05, 0.1) is 5.02 Å². The van der Waals surface area contributed by atoms with Crippen LogP contribution in [0.3, 0.4) is 0 Å². The van der Waals surface area contributed by atoms with Gasteiger partial charge in [0.15, 0.2) is 0 Å². The molecule has 0 aromatic heterocycles. The van der Waals surface area contributed by atoms with Crippen LogP contribution in [0.15, 0.2) is 18.2 Å². The third-order valence-electron chi connectivity index (χ3n) is 3.46. The normalized spacial score (nSPS) is 16.6. The SMILES string of the molecule is O=C(NCC1CCCCC1)c1ccc(I)c(Cl)c1. The highest BCUT2D eigenvalue weighted by molar-refractivity contribution is 14.1. The third kappa shape index (κ3) is 3.85. The van der Waals surface area contributed by atoms with E-state index < -0.39 is 0 Å². The van der Waals surface area contributed by atoms with Gasteiger partial charge in [-0.25, -0.2) is 0 Å². The van der Waals surface area contributed by atoms with Crippen LogP contribution in [0, 0.1) is 9.49 Å². The van der Waals surface area contributed by atoms with Crippen molar-refractivity contribution in [2.75, 3.05) is 6.54 Å². The molecule has 0 saturated heterocycles. The quantitative estimate of drug-likeness (QED) is 0.784. The summed E-state index contributed by atoms with van der Waals surface area (Å²) in [5.41, 5.74) is 0.649. The zero-order chi connectivity index (χ0) is 13.0. The molecule has 1 aliphatic rings. The Labute approximate surface area is 127 Å². The van der Waals surface area contributed by atoms with Gasteiger partial charge >= 0.3 is 0 Å². The van der Waals surface area contributed by atoms with Gasteiger partial charge in [-0.05, 0) is 59.5 Å². The lowest BCUT2D eigenvalue weighted by Gasteiger charge is -2.21. The lowest BCUT2D eigenvalue weighted by Crippen LogP contribution is -2.30. The highest BCUT2D eigenvalue weighted by Crippen LogP contribution is 2.23. The van der Waals surface area contributed by atoms with E-state index in [-0.39, 0.29) is 5.91 Å². The predicted octanol–water partition coefficient (Wildman–Crippen LogP) is 4.25. The van der Waals surface area contributed by atoms with E-state index in [0.717, 1.165) is 10.1 Å². The number of rotatable bonds is 3. The largest absolute Gasteiger partial charge is 0.352 e. The molecule has 1 aliphatic carbocycles. The molecule has 1 fully saturated rings. The van der Waals surface area contributed by atoms with Crippen molar-refractivity contribution in [3.05, 3.63) is 32.4 Å². The van der Waals surface area contributed by atoms with Gasteiger partial charge in [0.25, 0.3) is 5.91 Å². The average Bonchev–Trinajstić information content (AvgIpc) is 2.40. The number of carbonyl (C=O) groups is 1. The van der Waals surface area contributed by atoms with Crippen LogP contribution in [0.5, 0.6) is 0 Å². The number of nitrogens with one attached hydrogen (secondary N) is 1. The maximum absolute atomic E-state index is 12.0. The van der Waals surface area contributed by atoms with Crippen LogP contribution in [0.25, 0.3) is 0 Å². The van der Waals surface area contributed by atoms with E-state index >= 15 is 0 Å². The zero-order valence-electron chi connectivity index (χ0n) is 10.2. The average molecular weight is 378 g/mol. The van der Waals surface area contributed by atoms with Gasteiger partial charge in [0.1, 0.15) is 0 Å². The van der Waals surface area contributed by atoms with E-state index in [1.807, 2.05) is 12.1 Å². The minimum absolute atomic E-state index is 0.0149. The van der Waals surface area contributed by atoms with E-state index in [9.17, 15) is 4.79 Å². The lowest BCUT2D eigenvalue weighted by atomic mass is 9.89.